The second-order valence-corrected chi connectivity index (χ2v) is 6.22. The molecule has 1 aliphatic heterocycles. The Morgan fingerprint density at radius 2 is 2.00 bits per heavy atom. The Morgan fingerprint density at radius 1 is 1.26 bits per heavy atom. The first-order valence-corrected chi connectivity index (χ1v) is 8.81. The minimum atomic E-state index is -0.440. The Bertz CT molecular complexity index is 810. The van der Waals surface area contributed by atoms with E-state index in [4.69, 9.17) is 4.74 Å². The van der Waals surface area contributed by atoms with E-state index in [1.165, 1.54) is 12.1 Å². The summed E-state index contributed by atoms with van der Waals surface area (Å²) in [5, 5.41) is 13.8. The van der Waals surface area contributed by atoms with Crippen LogP contribution in [-0.2, 0) is 11.3 Å². The maximum atomic E-state index is 12.7. The average Bonchev–Trinajstić information content (AvgIpc) is 3.17. The lowest BCUT2D eigenvalue weighted by Crippen LogP contribution is -2.34. The molecule has 8 heteroatoms. The number of carbonyl (C=O) groups excluding carboxylic acids is 1. The van der Waals surface area contributed by atoms with Crippen molar-refractivity contribution in [2.45, 2.75) is 19.5 Å². The number of hydrazine groups is 1. The van der Waals surface area contributed by atoms with E-state index >= 15 is 0 Å². The minimum Gasteiger partial charge on any atom is -0.494 e. The van der Waals surface area contributed by atoms with E-state index < -0.39 is 4.92 Å². The van der Waals surface area contributed by atoms with Gasteiger partial charge in [0.2, 0.25) is 5.91 Å². The van der Waals surface area contributed by atoms with Crippen molar-refractivity contribution in [1.29, 1.82) is 0 Å². The van der Waals surface area contributed by atoms with Crippen LogP contribution in [0.3, 0.4) is 0 Å². The van der Waals surface area contributed by atoms with Crippen molar-refractivity contribution < 1.29 is 14.5 Å². The molecule has 1 heterocycles. The van der Waals surface area contributed by atoms with Crippen LogP contribution in [0.5, 0.6) is 5.75 Å². The predicted octanol–water partition coefficient (Wildman–Crippen LogP) is 2.07. The number of nitrogens with zero attached hydrogens (tertiary/aromatic N) is 1. The van der Waals surface area contributed by atoms with Gasteiger partial charge in [0.15, 0.2) is 0 Å². The van der Waals surface area contributed by atoms with E-state index in [1.54, 1.807) is 12.1 Å². The maximum absolute atomic E-state index is 12.7. The summed E-state index contributed by atoms with van der Waals surface area (Å²) in [6, 6.07) is 13.6. The Kier molecular flexibility index (Phi) is 6.00. The highest BCUT2D eigenvalue weighted by Crippen LogP contribution is 2.27. The molecule has 0 aliphatic carbocycles. The third-order valence-corrected chi connectivity index (χ3v) is 4.51. The van der Waals surface area contributed by atoms with Crippen molar-refractivity contribution in [3.63, 3.8) is 0 Å². The van der Waals surface area contributed by atoms with Gasteiger partial charge in [0, 0.05) is 30.8 Å². The highest BCUT2D eigenvalue weighted by atomic mass is 16.6. The second-order valence-electron chi connectivity index (χ2n) is 6.22. The van der Waals surface area contributed by atoms with Crippen molar-refractivity contribution >= 4 is 11.6 Å². The summed E-state index contributed by atoms with van der Waals surface area (Å²) in [6.07, 6.45) is 0. The van der Waals surface area contributed by atoms with E-state index in [0.717, 1.165) is 16.9 Å². The number of benzene rings is 2. The summed E-state index contributed by atoms with van der Waals surface area (Å²) in [6.45, 7) is 3.32. The van der Waals surface area contributed by atoms with Crippen molar-refractivity contribution in [2.75, 3.05) is 13.2 Å². The predicted molar refractivity (Wildman–Crippen MR) is 99.9 cm³/mol. The molecule has 0 spiro atoms. The van der Waals surface area contributed by atoms with Gasteiger partial charge in [0.1, 0.15) is 5.75 Å². The molecule has 142 valence electrons. The molecule has 3 N–H and O–H groups in total. The number of carbonyl (C=O) groups is 1. The normalized spacial score (nSPS) is 18.9. The van der Waals surface area contributed by atoms with E-state index in [2.05, 4.69) is 16.2 Å². The highest BCUT2D eigenvalue weighted by Gasteiger charge is 2.34. The standard InChI is InChI=1S/C19H22N4O4/c1-2-27-17-6-4-3-5-14(17)11-20-19(24)16-12-21-22-18(16)13-7-9-15(10-8-13)23(25)26/h3-10,16,18,21-22H,2,11-12H2,1H3,(H,20,24). The molecule has 3 rings (SSSR count). The number of nitro benzene ring substituents is 1. The van der Waals surface area contributed by atoms with Crippen LogP contribution >= 0.6 is 0 Å². The molecule has 27 heavy (non-hydrogen) atoms. The van der Waals surface area contributed by atoms with Crippen LogP contribution in [0.1, 0.15) is 24.1 Å². The van der Waals surface area contributed by atoms with Crippen LogP contribution in [0.15, 0.2) is 48.5 Å². The third kappa shape index (κ3) is 4.42. The molecule has 8 nitrogen and oxygen atoms in total. The first-order valence-electron chi connectivity index (χ1n) is 8.81. The fourth-order valence-corrected chi connectivity index (χ4v) is 3.12. The van der Waals surface area contributed by atoms with E-state index in [1.807, 2.05) is 31.2 Å². The molecule has 2 aromatic carbocycles. The maximum Gasteiger partial charge on any atom is 0.269 e. The van der Waals surface area contributed by atoms with Gasteiger partial charge in [-0.1, -0.05) is 30.3 Å². The zero-order chi connectivity index (χ0) is 19.2. The van der Waals surface area contributed by atoms with Crippen LogP contribution in [0.25, 0.3) is 0 Å². The van der Waals surface area contributed by atoms with Crippen LogP contribution in [0.4, 0.5) is 5.69 Å². The van der Waals surface area contributed by atoms with Crippen LogP contribution < -0.4 is 20.9 Å². The van der Waals surface area contributed by atoms with E-state index in [9.17, 15) is 14.9 Å². The van der Waals surface area contributed by atoms with Gasteiger partial charge in [-0.05, 0) is 18.6 Å². The van der Waals surface area contributed by atoms with Gasteiger partial charge in [0.25, 0.3) is 5.69 Å². The number of nitro groups is 1. The average molecular weight is 370 g/mol. The van der Waals surface area contributed by atoms with Gasteiger partial charge in [-0.25, -0.2) is 5.43 Å². The van der Waals surface area contributed by atoms with Gasteiger partial charge < -0.3 is 10.1 Å². The number of non-ortho nitro benzene ring substituents is 1. The lowest BCUT2D eigenvalue weighted by Gasteiger charge is -2.19. The van der Waals surface area contributed by atoms with Crippen molar-refractivity contribution in [1.82, 2.24) is 16.2 Å². The number of nitrogens with one attached hydrogen (secondary N) is 3. The van der Waals surface area contributed by atoms with Gasteiger partial charge in [0.05, 0.1) is 23.5 Å². The molecule has 1 amide bonds. The Labute approximate surface area is 157 Å². The molecular weight excluding hydrogens is 348 g/mol. The number of amides is 1. The smallest absolute Gasteiger partial charge is 0.269 e. The van der Waals surface area contributed by atoms with Crippen LogP contribution in [0.2, 0.25) is 0 Å². The molecule has 0 aromatic heterocycles. The van der Waals surface area contributed by atoms with Gasteiger partial charge in [-0.15, -0.1) is 0 Å². The zero-order valence-corrected chi connectivity index (χ0v) is 15.0. The molecule has 2 unspecified atom stereocenters. The SMILES string of the molecule is CCOc1ccccc1CNC(=O)C1CNNC1c1ccc([N+](=O)[O-])cc1. The Balaban J connectivity index is 1.66. The van der Waals surface area contributed by atoms with E-state index in [-0.39, 0.29) is 23.6 Å². The second kappa shape index (κ2) is 8.61. The monoisotopic (exact) mass is 370 g/mol. The fraction of sp³-hybridized carbons (Fsp3) is 0.316. The molecule has 0 radical (unpaired) electrons. The lowest BCUT2D eigenvalue weighted by molar-refractivity contribution is -0.384. The highest BCUT2D eigenvalue weighted by molar-refractivity contribution is 5.80. The first-order chi connectivity index (χ1) is 13.1. The molecule has 0 bridgehead atoms. The molecule has 1 saturated heterocycles. The Morgan fingerprint density at radius 3 is 2.70 bits per heavy atom. The summed E-state index contributed by atoms with van der Waals surface area (Å²) in [5.41, 5.74) is 7.84. The van der Waals surface area contributed by atoms with Crippen molar-refractivity contribution in [3.05, 3.63) is 69.8 Å². The van der Waals surface area contributed by atoms with Gasteiger partial charge in [-0.2, -0.15) is 0 Å². The number of hydrogen-bond acceptors (Lipinski definition) is 6. The lowest BCUT2D eigenvalue weighted by atomic mass is 9.94. The summed E-state index contributed by atoms with van der Waals surface area (Å²) in [5.74, 6) is 0.336. The van der Waals surface area contributed by atoms with Crippen LogP contribution in [0, 0.1) is 16.0 Å². The summed E-state index contributed by atoms with van der Waals surface area (Å²) in [4.78, 5) is 23.1. The number of rotatable bonds is 7. The largest absolute Gasteiger partial charge is 0.494 e. The first kappa shape index (κ1) is 18.8. The molecule has 0 saturated carbocycles. The molecule has 1 fully saturated rings. The Hall–Kier alpha value is -2.97. The van der Waals surface area contributed by atoms with Crippen molar-refractivity contribution in [2.24, 2.45) is 5.92 Å². The summed E-state index contributed by atoms with van der Waals surface area (Å²) in [7, 11) is 0. The van der Waals surface area contributed by atoms with Gasteiger partial charge >= 0.3 is 0 Å². The van der Waals surface area contributed by atoms with Crippen molar-refractivity contribution in [3.8, 4) is 5.75 Å². The minimum absolute atomic E-state index is 0.0261. The topological polar surface area (TPSA) is 106 Å². The molecule has 2 atom stereocenters. The van der Waals surface area contributed by atoms with Gasteiger partial charge in [-0.3, -0.25) is 20.3 Å². The molecule has 2 aromatic rings. The molecule has 1 aliphatic rings. The molecular formula is C19H22N4O4. The summed E-state index contributed by atoms with van der Waals surface area (Å²) >= 11 is 0. The third-order valence-electron chi connectivity index (χ3n) is 4.51. The zero-order valence-electron chi connectivity index (χ0n) is 15.0. The number of ether oxygens (including phenoxy) is 1. The van der Waals surface area contributed by atoms with Crippen LogP contribution in [-0.4, -0.2) is 24.0 Å². The number of para-hydroxylation sites is 1. The fourth-order valence-electron chi connectivity index (χ4n) is 3.12. The number of hydrogen-bond donors (Lipinski definition) is 3. The quantitative estimate of drug-likeness (QED) is 0.509. The summed E-state index contributed by atoms with van der Waals surface area (Å²) < 4.78 is 5.58. The van der Waals surface area contributed by atoms with E-state index in [0.29, 0.717) is 19.7 Å².